The zero-order chi connectivity index (χ0) is 18.9. The second-order valence-corrected chi connectivity index (χ2v) is 7.81. The molecule has 0 unspecified atom stereocenters. The third-order valence-corrected chi connectivity index (χ3v) is 5.81. The minimum Gasteiger partial charge on any atom is -0.343 e. The lowest BCUT2D eigenvalue weighted by Gasteiger charge is -2.21. The lowest BCUT2D eigenvalue weighted by atomic mass is 9.94. The van der Waals surface area contributed by atoms with Crippen LogP contribution in [0.2, 0.25) is 5.02 Å². The lowest BCUT2D eigenvalue weighted by Crippen LogP contribution is -2.26. The fraction of sp³-hybridized carbons (Fsp3) is 0.273. The number of rotatable bonds is 4. The number of halogens is 1. The van der Waals surface area contributed by atoms with Gasteiger partial charge in [0, 0.05) is 40.5 Å². The van der Waals surface area contributed by atoms with Gasteiger partial charge in [-0.2, -0.15) is 5.10 Å². The van der Waals surface area contributed by atoms with Crippen LogP contribution < -0.4 is 5.32 Å². The van der Waals surface area contributed by atoms with Crippen LogP contribution in [0.15, 0.2) is 55.0 Å². The minimum absolute atomic E-state index is 0.544. The molecule has 0 aliphatic carbocycles. The second kappa shape index (κ2) is 7.41. The van der Waals surface area contributed by atoms with Gasteiger partial charge in [-0.05, 0) is 37.6 Å². The van der Waals surface area contributed by atoms with Gasteiger partial charge in [-0.25, -0.2) is 4.98 Å². The Hall–Kier alpha value is -2.63. The molecule has 142 valence electrons. The third-order valence-electron chi connectivity index (χ3n) is 5.52. The topological polar surface area (TPSA) is 58.5 Å². The number of H-pyrrole nitrogens is 1. The van der Waals surface area contributed by atoms with Gasteiger partial charge in [0.2, 0.25) is 0 Å². The first-order valence-corrected chi connectivity index (χ1v) is 10.1. The van der Waals surface area contributed by atoms with Crippen LogP contribution in [0.25, 0.3) is 22.2 Å². The van der Waals surface area contributed by atoms with Crippen LogP contribution in [-0.2, 0) is 6.54 Å². The Kier molecular flexibility index (Phi) is 4.63. The number of hydrogen-bond acceptors (Lipinski definition) is 3. The molecule has 28 heavy (non-hydrogen) atoms. The van der Waals surface area contributed by atoms with E-state index in [0.29, 0.717) is 10.9 Å². The van der Waals surface area contributed by atoms with Crippen LogP contribution in [0.1, 0.15) is 30.0 Å². The largest absolute Gasteiger partial charge is 0.343 e. The molecular weight excluding hydrogens is 370 g/mol. The molecule has 0 radical (unpaired) electrons. The zero-order valence-corrected chi connectivity index (χ0v) is 16.3. The summed E-state index contributed by atoms with van der Waals surface area (Å²) in [6.45, 7) is 2.86. The molecule has 1 aliphatic heterocycles. The molecule has 6 heteroatoms. The first-order chi connectivity index (χ1) is 13.8. The van der Waals surface area contributed by atoms with Gasteiger partial charge >= 0.3 is 0 Å². The van der Waals surface area contributed by atoms with Gasteiger partial charge in [0.05, 0.1) is 17.8 Å². The summed E-state index contributed by atoms with van der Waals surface area (Å²) in [4.78, 5) is 8.05. The summed E-state index contributed by atoms with van der Waals surface area (Å²) >= 11 is 6.58. The Morgan fingerprint density at radius 2 is 1.93 bits per heavy atom. The highest BCUT2D eigenvalue weighted by Crippen LogP contribution is 2.36. The molecule has 3 aromatic heterocycles. The monoisotopic (exact) mass is 391 g/mol. The van der Waals surface area contributed by atoms with Crippen LogP contribution in [-0.4, -0.2) is 32.8 Å². The van der Waals surface area contributed by atoms with E-state index in [9.17, 15) is 0 Å². The quantitative estimate of drug-likeness (QED) is 0.534. The summed E-state index contributed by atoms with van der Waals surface area (Å²) in [5.41, 5.74) is 5.39. The molecule has 5 rings (SSSR count). The van der Waals surface area contributed by atoms with E-state index in [1.807, 2.05) is 29.1 Å². The van der Waals surface area contributed by atoms with Crippen molar-refractivity contribution in [3.8, 4) is 11.1 Å². The van der Waals surface area contributed by atoms with Crippen molar-refractivity contribution in [3.05, 3.63) is 71.3 Å². The van der Waals surface area contributed by atoms with E-state index in [-0.39, 0.29) is 0 Å². The van der Waals surface area contributed by atoms with Crippen molar-refractivity contribution < 1.29 is 0 Å². The predicted molar refractivity (Wildman–Crippen MR) is 113 cm³/mol. The van der Waals surface area contributed by atoms with Crippen molar-refractivity contribution >= 4 is 22.6 Å². The minimum atomic E-state index is 0.544. The standard InChI is InChI=1S/C22H22ClN5/c23-19-12-25-22-18(10-20(27-22)16-6-8-24-9-7-16)21(19)17-11-26-28(14-17)13-15-4-2-1-3-5-15/h1-5,10-12,14,16,24H,6-9,13H2,(H,25,27). The molecule has 0 bridgehead atoms. The normalized spacial score (nSPS) is 15.3. The maximum Gasteiger partial charge on any atom is 0.138 e. The maximum absolute atomic E-state index is 6.58. The van der Waals surface area contributed by atoms with Crippen molar-refractivity contribution in [2.24, 2.45) is 0 Å². The summed E-state index contributed by atoms with van der Waals surface area (Å²) in [7, 11) is 0. The van der Waals surface area contributed by atoms with E-state index >= 15 is 0 Å². The summed E-state index contributed by atoms with van der Waals surface area (Å²) in [6, 6.07) is 12.6. The average molecular weight is 392 g/mol. The van der Waals surface area contributed by atoms with Crippen molar-refractivity contribution in [1.29, 1.82) is 0 Å². The van der Waals surface area contributed by atoms with E-state index in [0.717, 1.165) is 54.6 Å². The van der Waals surface area contributed by atoms with Crippen LogP contribution in [0.3, 0.4) is 0 Å². The Morgan fingerprint density at radius 3 is 2.75 bits per heavy atom. The highest BCUT2D eigenvalue weighted by Gasteiger charge is 2.20. The zero-order valence-electron chi connectivity index (χ0n) is 15.5. The fourth-order valence-electron chi connectivity index (χ4n) is 4.07. The molecule has 0 saturated carbocycles. The molecule has 4 heterocycles. The molecule has 1 fully saturated rings. The van der Waals surface area contributed by atoms with E-state index in [1.165, 1.54) is 11.3 Å². The molecule has 2 N–H and O–H groups in total. The molecule has 0 spiro atoms. The highest BCUT2D eigenvalue weighted by atomic mass is 35.5. The van der Waals surface area contributed by atoms with Crippen LogP contribution in [0, 0.1) is 0 Å². The summed E-state index contributed by atoms with van der Waals surface area (Å²) in [5.74, 6) is 0.544. The second-order valence-electron chi connectivity index (χ2n) is 7.40. The molecule has 0 atom stereocenters. The van der Waals surface area contributed by atoms with Gasteiger partial charge < -0.3 is 10.3 Å². The highest BCUT2D eigenvalue weighted by molar-refractivity contribution is 6.34. The first kappa shape index (κ1) is 17.5. The van der Waals surface area contributed by atoms with Crippen LogP contribution in [0.4, 0.5) is 0 Å². The lowest BCUT2D eigenvalue weighted by molar-refractivity contribution is 0.455. The smallest absolute Gasteiger partial charge is 0.138 e. The number of fused-ring (bicyclic) bond motifs is 1. The molecular formula is C22H22ClN5. The van der Waals surface area contributed by atoms with Gasteiger partial charge in [0.15, 0.2) is 0 Å². The van der Waals surface area contributed by atoms with Crippen molar-refractivity contribution in [2.45, 2.75) is 25.3 Å². The summed E-state index contributed by atoms with van der Waals surface area (Å²) < 4.78 is 1.95. The molecule has 4 aromatic rings. The van der Waals surface area contributed by atoms with E-state index < -0.39 is 0 Å². The average Bonchev–Trinajstić information content (AvgIpc) is 3.36. The molecule has 1 aromatic carbocycles. The third kappa shape index (κ3) is 3.32. The van der Waals surface area contributed by atoms with E-state index in [2.05, 4.69) is 44.8 Å². The Morgan fingerprint density at radius 1 is 1.11 bits per heavy atom. The molecule has 0 amide bonds. The number of pyridine rings is 1. The summed E-state index contributed by atoms with van der Waals surface area (Å²) in [5, 5.41) is 9.70. The molecule has 1 saturated heterocycles. The fourth-order valence-corrected chi connectivity index (χ4v) is 4.33. The molecule has 1 aliphatic rings. The van der Waals surface area contributed by atoms with Crippen molar-refractivity contribution in [2.75, 3.05) is 13.1 Å². The van der Waals surface area contributed by atoms with Crippen LogP contribution >= 0.6 is 11.6 Å². The maximum atomic E-state index is 6.58. The Bertz CT molecular complexity index is 1090. The molecule has 5 nitrogen and oxygen atoms in total. The number of piperidine rings is 1. The number of benzene rings is 1. The Balaban J connectivity index is 1.51. The first-order valence-electron chi connectivity index (χ1n) is 9.72. The Labute approximate surface area is 168 Å². The van der Waals surface area contributed by atoms with Gasteiger partial charge in [-0.3, -0.25) is 4.68 Å². The number of hydrogen-bond donors (Lipinski definition) is 2. The van der Waals surface area contributed by atoms with E-state index in [4.69, 9.17) is 11.6 Å². The van der Waals surface area contributed by atoms with Gasteiger partial charge in [0.1, 0.15) is 5.65 Å². The van der Waals surface area contributed by atoms with Gasteiger partial charge in [-0.1, -0.05) is 41.9 Å². The van der Waals surface area contributed by atoms with Gasteiger partial charge in [0.25, 0.3) is 0 Å². The van der Waals surface area contributed by atoms with E-state index in [1.54, 1.807) is 6.20 Å². The van der Waals surface area contributed by atoms with Crippen LogP contribution in [0.5, 0.6) is 0 Å². The number of nitrogens with one attached hydrogen (secondary N) is 2. The number of aromatic amines is 1. The van der Waals surface area contributed by atoms with Gasteiger partial charge in [-0.15, -0.1) is 0 Å². The predicted octanol–water partition coefficient (Wildman–Crippen LogP) is 4.60. The number of nitrogens with zero attached hydrogens (tertiary/aromatic N) is 3. The summed E-state index contributed by atoms with van der Waals surface area (Å²) in [6.07, 6.45) is 7.97. The number of aromatic nitrogens is 4. The van der Waals surface area contributed by atoms with Crippen molar-refractivity contribution in [1.82, 2.24) is 25.1 Å². The van der Waals surface area contributed by atoms with Crippen molar-refractivity contribution in [3.63, 3.8) is 0 Å². The SMILES string of the molecule is Clc1cnc2[nH]c(C3CCNCC3)cc2c1-c1cnn(Cc2ccccc2)c1.